The van der Waals surface area contributed by atoms with Crippen molar-refractivity contribution in [1.82, 2.24) is 4.98 Å². The SMILES string of the molecule is CCOc1cc([C@H]2C(=C(O)c3ccc(Cl)cc3)C(=O)C(=O)N2c2ccccn2)ccc1O. The van der Waals surface area contributed by atoms with Gasteiger partial charge in [0.15, 0.2) is 11.5 Å². The molecule has 0 spiro atoms. The number of hydrogen-bond acceptors (Lipinski definition) is 6. The molecule has 1 saturated heterocycles. The largest absolute Gasteiger partial charge is 0.507 e. The lowest BCUT2D eigenvalue weighted by molar-refractivity contribution is -0.132. The van der Waals surface area contributed by atoms with Crippen LogP contribution in [0.4, 0.5) is 5.82 Å². The van der Waals surface area contributed by atoms with Gasteiger partial charge >= 0.3 is 5.91 Å². The van der Waals surface area contributed by atoms with Gasteiger partial charge in [0.25, 0.3) is 5.78 Å². The molecule has 0 radical (unpaired) electrons. The minimum Gasteiger partial charge on any atom is -0.507 e. The predicted octanol–water partition coefficient (Wildman–Crippen LogP) is 4.47. The van der Waals surface area contributed by atoms with Crippen molar-refractivity contribution in [2.45, 2.75) is 13.0 Å². The number of Topliss-reactive ketones (excluding diaryl/α,β-unsaturated/α-hetero) is 1. The highest BCUT2D eigenvalue weighted by Gasteiger charge is 2.47. The maximum absolute atomic E-state index is 13.1. The molecule has 7 nitrogen and oxygen atoms in total. The van der Waals surface area contributed by atoms with Crippen molar-refractivity contribution in [2.24, 2.45) is 0 Å². The fourth-order valence-electron chi connectivity index (χ4n) is 3.62. The van der Waals surface area contributed by atoms with Crippen molar-refractivity contribution in [2.75, 3.05) is 11.5 Å². The number of halogens is 1. The quantitative estimate of drug-likeness (QED) is 0.338. The van der Waals surface area contributed by atoms with Gasteiger partial charge in [0.2, 0.25) is 0 Å². The van der Waals surface area contributed by atoms with Crippen molar-refractivity contribution >= 4 is 34.9 Å². The molecule has 2 aromatic carbocycles. The average molecular weight is 451 g/mol. The lowest BCUT2D eigenvalue weighted by Gasteiger charge is -2.25. The van der Waals surface area contributed by atoms with Crippen LogP contribution in [0.2, 0.25) is 5.02 Å². The molecule has 2 heterocycles. The molecule has 1 aromatic heterocycles. The molecule has 0 saturated carbocycles. The summed E-state index contributed by atoms with van der Waals surface area (Å²) in [5.74, 6) is -1.64. The monoisotopic (exact) mass is 450 g/mol. The number of rotatable bonds is 5. The maximum Gasteiger partial charge on any atom is 0.301 e. The van der Waals surface area contributed by atoms with Gasteiger partial charge in [-0.25, -0.2) is 4.98 Å². The summed E-state index contributed by atoms with van der Waals surface area (Å²) in [6.45, 7) is 2.08. The smallest absolute Gasteiger partial charge is 0.301 e. The van der Waals surface area contributed by atoms with Crippen LogP contribution in [0.3, 0.4) is 0 Å². The number of aliphatic hydroxyl groups excluding tert-OH is 1. The van der Waals surface area contributed by atoms with Crippen LogP contribution in [0.25, 0.3) is 5.76 Å². The zero-order chi connectivity index (χ0) is 22.8. The molecule has 4 rings (SSSR count). The lowest BCUT2D eigenvalue weighted by atomic mass is 9.95. The van der Waals surface area contributed by atoms with Gasteiger partial charge in [-0.05, 0) is 61.0 Å². The van der Waals surface area contributed by atoms with E-state index in [0.29, 0.717) is 22.8 Å². The second kappa shape index (κ2) is 8.72. The number of aliphatic hydroxyl groups is 1. The number of amides is 1. The van der Waals surface area contributed by atoms with E-state index >= 15 is 0 Å². The Hall–Kier alpha value is -3.84. The number of nitrogens with zero attached hydrogens (tertiary/aromatic N) is 2. The molecule has 162 valence electrons. The summed E-state index contributed by atoms with van der Waals surface area (Å²) >= 11 is 5.94. The third kappa shape index (κ3) is 3.78. The number of phenols is 1. The Labute approximate surface area is 189 Å². The van der Waals surface area contributed by atoms with Crippen LogP contribution >= 0.6 is 11.6 Å². The molecule has 8 heteroatoms. The van der Waals surface area contributed by atoms with Gasteiger partial charge in [0, 0.05) is 16.8 Å². The highest BCUT2D eigenvalue weighted by Crippen LogP contribution is 2.43. The van der Waals surface area contributed by atoms with E-state index in [0.717, 1.165) is 0 Å². The molecule has 0 unspecified atom stereocenters. The van der Waals surface area contributed by atoms with E-state index in [1.54, 1.807) is 61.5 Å². The number of ketones is 1. The number of benzene rings is 2. The summed E-state index contributed by atoms with van der Waals surface area (Å²) in [4.78, 5) is 31.6. The molecule has 1 aliphatic heterocycles. The van der Waals surface area contributed by atoms with Gasteiger partial charge in [-0.1, -0.05) is 23.7 Å². The maximum atomic E-state index is 13.1. The molecule has 1 aliphatic rings. The second-order valence-electron chi connectivity index (χ2n) is 7.02. The molecule has 2 N–H and O–H groups in total. The zero-order valence-electron chi connectivity index (χ0n) is 17.0. The van der Waals surface area contributed by atoms with Crippen LogP contribution in [0.5, 0.6) is 11.5 Å². The summed E-state index contributed by atoms with van der Waals surface area (Å²) in [5.41, 5.74) is 0.699. The molecular formula is C24H19ClN2O5. The Morgan fingerprint density at radius 1 is 1.12 bits per heavy atom. The third-order valence-corrected chi connectivity index (χ3v) is 5.31. The highest BCUT2D eigenvalue weighted by molar-refractivity contribution is 6.51. The summed E-state index contributed by atoms with van der Waals surface area (Å²) < 4.78 is 5.48. The van der Waals surface area contributed by atoms with Gasteiger partial charge < -0.3 is 14.9 Å². The lowest BCUT2D eigenvalue weighted by Crippen LogP contribution is -2.30. The Morgan fingerprint density at radius 2 is 1.88 bits per heavy atom. The fourth-order valence-corrected chi connectivity index (χ4v) is 3.74. The number of aromatic hydroxyl groups is 1. The normalized spacial score (nSPS) is 17.6. The number of anilines is 1. The summed E-state index contributed by atoms with van der Waals surface area (Å²) in [7, 11) is 0. The van der Waals surface area contributed by atoms with Crippen LogP contribution in [0, 0.1) is 0 Å². The molecule has 32 heavy (non-hydrogen) atoms. The van der Waals surface area contributed by atoms with E-state index in [2.05, 4.69) is 4.98 Å². The Bertz CT molecular complexity index is 1210. The van der Waals surface area contributed by atoms with Gasteiger partial charge in [0.05, 0.1) is 18.2 Å². The second-order valence-corrected chi connectivity index (χ2v) is 7.46. The molecule has 3 aromatic rings. The number of hydrogen-bond donors (Lipinski definition) is 2. The van der Waals surface area contributed by atoms with E-state index in [-0.39, 0.29) is 28.6 Å². The standard InChI is InChI=1S/C24H19ClN2O5/c1-2-32-18-13-15(8-11-17(18)28)21-20(22(29)14-6-9-16(25)10-7-14)23(30)24(31)27(21)19-5-3-4-12-26-19/h3-13,21,28-29H,2H2,1H3/t21-/m0/s1. The van der Waals surface area contributed by atoms with E-state index < -0.39 is 17.7 Å². The van der Waals surface area contributed by atoms with Crippen LogP contribution < -0.4 is 9.64 Å². The molecule has 1 atom stereocenters. The van der Waals surface area contributed by atoms with Crippen molar-refractivity contribution in [1.29, 1.82) is 0 Å². The fraction of sp³-hybridized carbons (Fsp3) is 0.125. The number of ether oxygens (including phenoxy) is 1. The zero-order valence-corrected chi connectivity index (χ0v) is 17.8. The highest BCUT2D eigenvalue weighted by atomic mass is 35.5. The summed E-state index contributed by atoms with van der Waals surface area (Å²) in [5, 5.41) is 21.6. The van der Waals surface area contributed by atoms with Crippen LogP contribution in [-0.2, 0) is 9.59 Å². The van der Waals surface area contributed by atoms with Gasteiger partial charge in [-0.15, -0.1) is 0 Å². The Morgan fingerprint density at radius 3 is 2.53 bits per heavy atom. The molecule has 0 bridgehead atoms. The van der Waals surface area contributed by atoms with Crippen molar-refractivity contribution in [3.63, 3.8) is 0 Å². The number of phenolic OH excluding ortho intramolecular Hbond substituents is 1. The van der Waals surface area contributed by atoms with Crippen molar-refractivity contribution in [3.8, 4) is 11.5 Å². The van der Waals surface area contributed by atoms with E-state index in [4.69, 9.17) is 16.3 Å². The first-order chi connectivity index (χ1) is 15.4. The number of carbonyl (C=O) groups is 2. The van der Waals surface area contributed by atoms with E-state index in [9.17, 15) is 19.8 Å². The van der Waals surface area contributed by atoms with E-state index in [1.807, 2.05) is 0 Å². The van der Waals surface area contributed by atoms with Gasteiger partial charge in [-0.2, -0.15) is 0 Å². The topological polar surface area (TPSA) is 100.0 Å². The third-order valence-electron chi connectivity index (χ3n) is 5.06. The predicted molar refractivity (Wildman–Crippen MR) is 120 cm³/mol. The first-order valence-electron chi connectivity index (χ1n) is 9.86. The Balaban J connectivity index is 1.95. The first kappa shape index (κ1) is 21.4. The molecule has 0 aliphatic carbocycles. The van der Waals surface area contributed by atoms with Gasteiger partial charge in [0.1, 0.15) is 11.6 Å². The van der Waals surface area contributed by atoms with Crippen LogP contribution in [-0.4, -0.2) is 33.5 Å². The summed E-state index contributed by atoms with van der Waals surface area (Å²) in [6.07, 6.45) is 1.51. The molecule has 1 amide bonds. The minimum atomic E-state index is -0.986. The minimum absolute atomic E-state index is 0.0805. The van der Waals surface area contributed by atoms with Crippen molar-refractivity contribution < 1.29 is 24.5 Å². The van der Waals surface area contributed by atoms with E-state index in [1.165, 1.54) is 17.2 Å². The Kier molecular flexibility index (Phi) is 5.83. The number of aromatic nitrogens is 1. The van der Waals surface area contributed by atoms with Crippen molar-refractivity contribution in [3.05, 3.63) is 88.6 Å². The number of carbonyl (C=O) groups excluding carboxylic acids is 2. The van der Waals surface area contributed by atoms with Gasteiger partial charge in [-0.3, -0.25) is 14.5 Å². The van der Waals surface area contributed by atoms with Crippen LogP contribution in [0.1, 0.15) is 24.1 Å². The van der Waals surface area contributed by atoms with Crippen LogP contribution in [0.15, 0.2) is 72.4 Å². The molecule has 1 fully saturated rings. The first-order valence-corrected chi connectivity index (χ1v) is 10.2. The average Bonchev–Trinajstić information content (AvgIpc) is 3.06. The summed E-state index contributed by atoms with van der Waals surface area (Å²) in [6, 6.07) is 14.8. The number of pyridine rings is 1. The molecular weight excluding hydrogens is 432 g/mol.